The van der Waals surface area contributed by atoms with Gasteiger partial charge in [-0.25, -0.2) is 4.98 Å². The number of hydrogen-bond donors (Lipinski definition) is 1. The highest BCUT2D eigenvalue weighted by Gasteiger charge is 1.96. The van der Waals surface area contributed by atoms with Crippen LogP contribution in [0, 0.1) is 0 Å². The molecule has 0 fully saturated rings. The van der Waals surface area contributed by atoms with Crippen LogP contribution in [0.5, 0.6) is 0 Å². The summed E-state index contributed by atoms with van der Waals surface area (Å²) in [6, 6.07) is 29.2. The standard InChI is InChI=1S/C22H17N5/c1-2-7-18(8-3-1)26-27-20-14-12-19(13-15-20)25-23-16-21-11-10-17-6-4-5-9-22(17)24-21/h1-16,25H. The summed E-state index contributed by atoms with van der Waals surface area (Å²) in [6.45, 7) is 0. The van der Waals surface area contributed by atoms with Crippen LogP contribution in [0.4, 0.5) is 17.1 Å². The van der Waals surface area contributed by atoms with Gasteiger partial charge in [-0.3, -0.25) is 5.43 Å². The van der Waals surface area contributed by atoms with Gasteiger partial charge < -0.3 is 0 Å². The van der Waals surface area contributed by atoms with Gasteiger partial charge in [-0.1, -0.05) is 42.5 Å². The van der Waals surface area contributed by atoms with Gasteiger partial charge in [-0.15, -0.1) is 0 Å². The van der Waals surface area contributed by atoms with Gasteiger partial charge in [0.15, 0.2) is 0 Å². The van der Waals surface area contributed by atoms with E-state index < -0.39 is 0 Å². The molecule has 0 aliphatic heterocycles. The first kappa shape index (κ1) is 16.6. The number of rotatable bonds is 5. The van der Waals surface area contributed by atoms with Gasteiger partial charge in [0.25, 0.3) is 0 Å². The molecule has 0 aliphatic carbocycles. The average molecular weight is 351 g/mol. The second kappa shape index (κ2) is 8.01. The highest BCUT2D eigenvalue weighted by atomic mass is 15.3. The summed E-state index contributed by atoms with van der Waals surface area (Å²) < 4.78 is 0. The summed E-state index contributed by atoms with van der Waals surface area (Å²) in [7, 11) is 0. The number of benzene rings is 3. The second-order valence-electron chi connectivity index (χ2n) is 5.88. The van der Waals surface area contributed by atoms with E-state index in [0.717, 1.165) is 33.7 Å². The Hall–Kier alpha value is -3.86. The van der Waals surface area contributed by atoms with Crippen LogP contribution in [0.3, 0.4) is 0 Å². The molecule has 0 aliphatic rings. The highest BCUT2D eigenvalue weighted by Crippen LogP contribution is 2.20. The lowest BCUT2D eigenvalue weighted by Gasteiger charge is -2.01. The molecule has 4 rings (SSSR count). The molecule has 4 aromatic rings. The molecular weight excluding hydrogens is 334 g/mol. The Bertz CT molecular complexity index is 1090. The third-order valence-electron chi connectivity index (χ3n) is 3.91. The van der Waals surface area contributed by atoms with Crippen LogP contribution in [0.25, 0.3) is 10.9 Å². The number of nitrogens with zero attached hydrogens (tertiary/aromatic N) is 4. The first-order valence-corrected chi connectivity index (χ1v) is 8.58. The van der Waals surface area contributed by atoms with Crippen molar-refractivity contribution in [2.45, 2.75) is 0 Å². The van der Waals surface area contributed by atoms with Crippen molar-refractivity contribution in [3.63, 3.8) is 0 Å². The zero-order valence-corrected chi connectivity index (χ0v) is 14.5. The lowest BCUT2D eigenvalue weighted by Crippen LogP contribution is -1.93. The first-order valence-electron chi connectivity index (χ1n) is 8.58. The molecule has 1 heterocycles. The summed E-state index contributed by atoms with van der Waals surface area (Å²) in [5, 5.41) is 13.8. The number of anilines is 1. The molecule has 130 valence electrons. The molecule has 27 heavy (non-hydrogen) atoms. The fraction of sp³-hybridized carbons (Fsp3) is 0. The van der Waals surface area contributed by atoms with Crippen molar-refractivity contribution < 1.29 is 0 Å². The normalized spacial score (nSPS) is 11.4. The average Bonchev–Trinajstić information content (AvgIpc) is 2.74. The molecule has 0 radical (unpaired) electrons. The molecular formula is C22H17N5. The van der Waals surface area contributed by atoms with E-state index in [2.05, 4.69) is 25.7 Å². The zero-order chi connectivity index (χ0) is 18.3. The maximum atomic E-state index is 4.56. The summed E-state index contributed by atoms with van der Waals surface area (Å²) >= 11 is 0. The predicted octanol–water partition coefficient (Wildman–Crippen LogP) is 6.10. The minimum absolute atomic E-state index is 0.782. The highest BCUT2D eigenvalue weighted by molar-refractivity contribution is 5.85. The van der Waals surface area contributed by atoms with Crippen molar-refractivity contribution in [3.8, 4) is 0 Å². The molecule has 3 aromatic carbocycles. The molecule has 5 heteroatoms. The smallest absolute Gasteiger partial charge is 0.0858 e. The largest absolute Gasteiger partial charge is 0.278 e. The maximum Gasteiger partial charge on any atom is 0.0858 e. The van der Waals surface area contributed by atoms with Gasteiger partial charge in [0, 0.05) is 5.39 Å². The molecule has 1 aromatic heterocycles. The number of nitrogens with one attached hydrogen (secondary N) is 1. The van der Waals surface area contributed by atoms with Crippen LogP contribution in [-0.4, -0.2) is 11.2 Å². The Morgan fingerprint density at radius 1 is 0.667 bits per heavy atom. The van der Waals surface area contributed by atoms with Gasteiger partial charge >= 0.3 is 0 Å². The summed E-state index contributed by atoms with van der Waals surface area (Å²) in [5.74, 6) is 0. The van der Waals surface area contributed by atoms with E-state index in [9.17, 15) is 0 Å². The van der Waals surface area contributed by atoms with E-state index in [4.69, 9.17) is 0 Å². The van der Waals surface area contributed by atoms with Gasteiger partial charge in [0.1, 0.15) is 0 Å². The summed E-state index contributed by atoms with van der Waals surface area (Å²) in [6.07, 6.45) is 1.70. The van der Waals surface area contributed by atoms with E-state index in [1.165, 1.54) is 0 Å². The molecule has 0 amide bonds. The number of para-hydroxylation sites is 1. The predicted molar refractivity (Wildman–Crippen MR) is 110 cm³/mol. The Labute approximate surface area is 157 Å². The second-order valence-corrected chi connectivity index (χ2v) is 5.88. The van der Waals surface area contributed by atoms with Crippen molar-refractivity contribution in [2.24, 2.45) is 15.3 Å². The van der Waals surface area contributed by atoms with Crippen molar-refractivity contribution in [1.29, 1.82) is 0 Å². The van der Waals surface area contributed by atoms with Crippen molar-refractivity contribution in [1.82, 2.24) is 4.98 Å². The topological polar surface area (TPSA) is 62.0 Å². The van der Waals surface area contributed by atoms with Crippen LogP contribution in [-0.2, 0) is 0 Å². The Morgan fingerprint density at radius 3 is 2.19 bits per heavy atom. The number of azo groups is 1. The fourth-order valence-electron chi connectivity index (χ4n) is 2.54. The maximum absolute atomic E-state index is 4.56. The molecule has 1 N–H and O–H groups in total. The third kappa shape index (κ3) is 4.41. The number of fused-ring (bicyclic) bond motifs is 1. The monoisotopic (exact) mass is 351 g/mol. The minimum atomic E-state index is 0.782. The van der Waals surface area contributed by atoms with Crippen molar-refractivity contribution >= 4 is 34.2 Å². The van der Waals surface area contributed by atoms with Crippen LogP contribution in [0.1, 0.15) is 5.69 Å². The lowest BCUT2D eigenvalue weighted by molar-refractivity contribution is 1.23. The molecule has 0 spiro atoms. The Kier molecular flexibility index (Phi) is 4.93. The van der Waals surface area contributed by atoms with Gasteiger partial charge in [0.05, 0.1) is 34.5 Å². The molecule has 0 unspecified atom stereocenters. The van der Waals surface area contributed by atoms with Crippen molar-refractivity contribution in [2.75, 3.05) is 5.43 Å². The number of aromatic nitrogens is 1. The van der Waals surface area contributed by atoms with E-state index in [1.54, 1.807) is 6.21 Å². The van der Waals surface area contributed by atoms with E-state index >= 15 is 0 Å². The molecule has 0 saturated carbocycles. The zero-order valence-electron chi connectivity index (χ0n) is 14.5. The molecule has 0 atom stereocenters. The Balaban J connectivity index is 1.39. The fourth-order valence-corrected chi connectivity index (χ4v) is 2.54. The summed E-state index contributed by atoms with van der Waals surface area (Å²) in [5.41, 5.74) is 7.23. The molecule has 0 saturated heterocycles. The van der Waals surface area contributed by atoms with Crippen LogP contribution in [0.2, 0.25) is 0 Å². The number of hydrazone groups is 1. The minimum Gasteiger partial charge on any atom is -0.278 e. The molecule has 5 nitrogen and oxygen atoms in total. The lowest BCUT2D eigenvalue weighted by atomic mass is 10.2. The van der Waals surface area contributed by atoms with Crippen LogP contribution >= 0.6 is 0 Å². The van der Waals surface area contributed by atoms with E-state index in [0.29, 0.717) is 0 Å². The van der Waals surface area contributed by atoms with Crippen LogP contribution < -0.4 is 5.43 Å². The first-order chi connectivity index (χ1) is 13.4. The van der Waals surface area contributed by atoms with Gasteiger partial charge in [0.2, 0.25) is 0 Å². The third-order valence-corrected chi connectivity index (χ3v) is 3.91. The van der Waals surface area contributed by atoms with Gasteiger partial charge in [-0.2, -0.15) is 15.3 Å². The summed E-state index contributed by atoms with van der Waals surface area (Å²) in [4.78, 5) is 4.56. The van der Waals surface area contributed by atoms with E-state index in [-0.39, 0.29) is 0 Å². The SMILES string of the molecule is C(=NNc1ccc(N=Nc2ccccc2)cc1)c1ccc2ccccc2n1. The Morgan fingerprint density at radius 2 is 1.37 bits per heavy atom. The van der Waals surface area contributed by atoms with Gasteiger partial charge in [-0.05, 0) is 48.5 Å². The molecule has 0 bridgehead atoms. The number of hydrogen-bond acceptors (Lipinski definition) is 5. The quantitative estimate of drug-likeness (QED) is 0.268. The van der Waals surface area contributed by atoms with E-state index in [1.807, 2.05) is 91.0 Å². The van der Waals surface area contributed by atoms with Crippen LogP contribution in [0.15, 0.2) is 106 Å². The van der Waals surface area contributed by atoms with Crippen molar-refractivity contribution in [3.05, 3.63) is 96.7 Å². The number of pyridine rings is 1.